The van der Waals surface area contributed by atoms with Gasteiger partial charge in [-0.25, -0.2) is 14.8 Å². The number of urea groups is 1. The van der Waals surface area contributed by atoms with Gasteiger partial charge in [-0.3, -0.25) is 15.0 Å². The molecule has 0 unspecified atom stereocenters. The van der Waals surface area contributed by atoms with Crippen molar-refractivity contribution in [2.45, 2.75) is 31.7 Å². The molecule has 1 saturated carbocycles. The first-order chi connectivity index (χ1) is 11.7. The molecule has 1 aliphatic heterocycles. The highest BCUT2D eigenvalue weighted by atomic mass is 16.2. The van der Waals surface area contributed by atoms with Gasteiger partial charge in [0.25, 0.3) is 0 Å². The maximum absolute atomic E-state index is 12.0. The Balaban J connectivity index is 1.37. The van der Waals surface area contributed by atoms with Gasteiger partial charge in [0.2, 0.25) is 11.9 Å². The average molecular weight is 332 g/mol. The van der Waals surface area contributed by atoms with Crippen molar-refractivity contribution in [3.8, 4) is 0 Å². The van der Waals surface area contributed by atoms with E-state index in [0.717, 1.165) is 57.8 Å². The van der Waals surface area contributed by atoms with Crippen molar-refractivity contribution >= 4 is 17.9 Å². The Bertz CT molecular complexity index is 553. The van der Waals surface area contributed by atoms with Crippen LogP contribution in [0.4, 0.5) is 10.7 Å². The van der Waals surface area contributed by atoms with E-state index in [2.05, 4.69) is 25.5 Å². The highest BCUT2D eigenvalue weighted by Crippen LogP contribution is 2.17. The molecule has 1 aliphatic carbocycles. The lowest BCUT2D eigenvalue weighted by Crippen LogP contribution is -2.52. The molecule has 24 heavy (non-hydrogen) atoms. The molecule has 130 valence electrons. The Morgan fingerprint density at radius 2 is 1.75 bits per heavy atom. The summed E-state index contributed by atoms with van der Waals surface area (Å²) in [5, 5.41) is 5.29. The summed E-state index contributed by atoms with van der Waals surface area (Å²) in [6.45, 7) is 3.27. The molecule has 1 aromatic heterocycles. The minimum Gasteiger partial charge on any atom is -0.338 e. The minimum absolute atomic E-state index is 0.215. The van der Waals surface area contributed by atoms with Crippen LogP contribution in [0.25, 0.3) is 0 Å². The predicted molar refractivity (Wildman–Crippen MR) is 89.6 cm³/mol. The molecule has 2 N–H and O–H groups in total. The van der Waals surface area contributed by atoms with E-state index in [9.17, 15) is 9.59 Å². The van der Waals surface area contributed by atoms with Crippen LogP contribution in [-0.4, -0.2) is 65.6 Å². The first-order valence-corrected chi connectivity index (χ1v) is 8.55. The van der Waals surface area contributed by atoms with Crippen LogP contribution < -0.4 is 15.5 Å². The van der Waals surface area contributed by atoms with Crippen LogP contribution in [0, 0.1) is 0 Å². The number of rotatable bonds is 4. The smallest absolute Gasteiger partial charge is 0.321 e. The van der Waals surface area contributed by atoms with Crippen molar-refractivity contribution in [3.05, 3.63) is 18.5 Å². The molecule has 0 bridgehead atoms. The molecular weight excluding hydrogens is 308 g/mol. The fourth-order valence-electron chi connectivity index (χ4n) is 3.22. The van der Waals surface area contributed by atoms with Gasteiger partial charge < -0.3 is 10.2 Å². The summed E-state index contributed by atoms with van der Waals surface area (Å²) in [6, 6.07) is 1.64. The zero-order valence-electron chi connectivity index (χ0n) is 13.8. The predicted octanol–water partition coefficient (Wildman–Crippen LogP) is 0.367. The summed E-state index contributed by atoms with van der Waals surface area (Å²) in [6.07, 6.45) is 7.76. The third-order valence-electron chi connectivity index (χ3n) is 4.52. The van der Waals surface area contributed by atoms with Gasteiger partial charge in [-0.2, -0.15) is 0 Å². The van der Waals surface area contributed by atoms with Crippen molar-refractivity contribution in [3.63, 3.8) is 0 Å². The number of hydrogen-bond donors (Lipinski definition) is 2. The van der Waals surface area contributed by atoms with Gasteiger partial charge in [-0.1, -0.05) is 12.8 Å². The number of nitrogens with zero attached hydrogens (tertiary/aromatic N) is 4. The molecule has 2 heterocycles. The van der Waals surface area contributed by atoms with Gasteiger partial charge in [0.1, 0.15) is 0 Å². The summed E-state index contributed by atoms with van der Waals surface area (Å²) in [4.78, 5) is 36.4. The second-order valence-electron chi connectivity index (χ2n) is 6.32. The summed E-state index contributed by atoms with van der Waals surface area (Å²) in [5.41, 5.74) is 0. The average Bonchev–Trinajstić information content (AvgIpc) is 3.09. The van der Waals surface area contributed by atoms with Crippen molar-refractivity contribution in [1.82, 2.24) is 25.5 Å². The lowest BCUT2D eigenvalue weighted by molar-refractivity contribution is -0.121. The number of carbonyl (C=O) groups excluding carboxylic acids is 2. The SMILES string of the molecule is O=C(CN1CCN(c2ncccn2)CC1)NC(=O)NC1CCCC1. The van der Waals surface area contributed by atoms with Gasteiger partial charge in [-0.15, -0.1) is 0 Å². The van der Waals surface area contributed by atoms with Crippen molar-refractivity contribution < 1.29 is 9.59 Å². The van der Waals surface area contributed by atoms with Gasteiger partial charge in [-0.05, 0) is 18.9 Å². The molecule has 0 atom stereocenters. The van der Waals surface area contributed by atoms with Crippen LogP contribution in [-0.2, 0) is 4.79 Å². The zero-order valence-corrected chi connectivity index (χ0v) is 13.8. The molecule has 1 saturated heterocycles. The molecule has 3 amide bonds. The molecule has 0 radical (unpaired) electrons. The van der Waals surface area contributed by atoms with E-state index in [0.29, 0.717) is 0 Å². The Kier molecular flexibility index (Phi) is 5.58. The van der Waals surface area contributed by atoms with Crippen LogP contribution in [0.15, 0.2) is 18.5 Å². The van der Waals surface area contributed by atoms with E-state index in [1.165, 1.54) is 0 Å². The molecule has 0 aromatic carbocycles. The summed E-state index contributed by atoms with van der Waals surface area (Å²) >= 11 is 0. The number of carbonyl (C=O) groups is 2. The fourth-order valence-corrected chi connectivity index (χ4v) is 3.22. The number of aromatic nitrogens is 2. The third kappa shape index (κ3) is 4.64. The largest absolute Gasteiger partial charge is 0.338 e. The van der Waals surface area contributed by atoms with Gasteiger partial charge in [0, 0.05) is 44.6 Å². The van der Waals surface area contributed by atoms with Crippen LogP contribution in [0.3, 0.4) is 0 Å². The first kappa shape index (κ1) is 16.6. The maximum Gasteiger partial charge on any atom is 0.321 e. The van der Waals surface area contributed by atoms with Gasteiger partial charge in [0.05, 0.1) is 6.54 Å². The fraction of sp³-hybridized carbons (Fsp3) is 0.625. The van der Waals surface area contributed by atoms with Crippen molar-refractivity contribution in [2.24, 2.45) is 0 Å². The van der Waals surface area contributed by atoms with E-state index < -0.39 is 0 Å². The number of amides is 3. The van der Waals surface area contributed by atoms with Gasteiger partial charge >= 0.3 is 6.03 Å². The summed E-state index contributed by atoms with van der Waals surface area (Å²) in [5.74, 6) is 0.465. The second kappa shape index (κ2) is 8.05. The first-order valence-electron chi connectivity index (χ1n) is 8.55. The minimum atomic E-state index is -0.372. The molecule has 1 aromatic rings. The van der Waals surface area contributed by atoms with E-state index in [4.69, 9.17) is 0 Å². The van der Waals surface area contributed by atoms with Crippen LogP contribution in [0.5, 0.6) is 0 Å². The van der Waals surface area contributed by atoms with Gasteiger partial charge in [0.15, 0.2) is 0 Å². The third-order valence-corrected chi connectivity index (χ3v) is 4.52. The number of nitrogens with one attached hydrogen (secondary N) is 2. The van der Waals surface area contributed by atoms with E-state index in [1.807, 2.05) is 4.90 Å². The second-order valence-corrected chi connectivity index (χ2v) is 6.32. The van der Waals surface area contributed by atoms with Crippen LogP contribution >= 0.6 is 0 Å². The molecule has 8 heteroatoms. The van der Waals surface area contributed by atoms with E-state index in [-0.39, 0.29) is 24.5 Å². The number of hydrogen-bond acceptors (Lipinski definition) is 6. The molecular formula is C16H24N6O2. The highest BCUT2D eigenvalue weighted by Gasteiger charge is 2.22. The molecule has 8 nitrogen and oxygen atoms in total. The highest BCUT2D eigenvalue weighted by molar-refractivity contribution is 5.95. The molecule has 2 fully saturated rings. The molecule has 3 rings (SSSR count). The molecule has 0 spiro atoms. The topological polar surface area (TPSA) is 90.5 Å². The zero-order chi connectivity index (χ0) is 16.8. The van der Waals surface area contributed by atoms with E-state index >= 15 is 0 Å². The normalized spacial score (nSPS) is 19.2. The van der Waals surface area contributed by atoms with Crippen LogP contribution in [0.1, 0.15) is 25.7 Å². The number of piperazine rings is 1. The standard InChI is InChI=1S/C16H24N6O2/c23-14(20-16(24)19-13-4-1-2-5-13)12-21-8-10-22(11-9-21)15-17-6-3-7-18-15/h3,6-7,13H,1-2,4-5,8-12H2,(H2,19,20,23,24). The Morgan fingerprint density at radius 1 is 1.08 bits per heavy atom. The number of imide groups is 1. The van der Waals surface area contributed by atoms with E-state index in [1.54, 1.807) is 18.5 Å². The number of anilines is 1. The summed E-state index contributed by atoms with van der Waals surface area (Å²) in [7, 11) is 0. The maximum atomic E-state index is 12.0. The van der Waals surface area contributed by atoms with Crippen molar-refractivity contribution in [1.29, 1.82) is 0 Å². The summed E-state index contributed by atoms with van der Waals surface area (Å²) < 4.78 is 0. The molecule has 2 aliphatic rings. The lowest BCUT2D eigenvalue weighted by Gasteiger charge is -2.34. The Labute approximate surface area is 141 Å². The van der Waals surface area contributed by atoms with Crippen molar-refractivity contribution in [2.75, 3.05) is 37.6 Å². The monoisotopic (exact) mass is 332 g/mol. The Hall–Kier alpha value is -2.22. The Morgan fingerprint density at radius 3 is 2.42 bits per heavy atom. The quantitative estimate of drug-likeness (QED) is 0.828. The van der Waals surface area contributed by atoms with Crippen LogP contribution in [0.2, 0.25) is 0 Å². The lowest BCUT2D eigenvalue weighted by atomic mass is 10.2.